The molecule has 3 aromatic rings. The van der Waals surface area contributed by atoms with Gasteiger partial charge in [0.05, 0.1) is 16.6 Å². The number of aryl methyl sites for hydroxylation is 1. The Balaban J connectivity index is 2.40. The average Bonchev–Trinajstić information content (AvgIpc) is 2.47. The summed E-state index contributed by atoms with van der Waals surface area (Å²) >= 11 is 0. The maximum Gasteiger partial charge on any atom is 0.265 e. The molecule has 0 aliphatic rings. The second-order valence-corrected chi connectivity index (χ2v) is 4.56. The fraction of sp³-hybridized carbons (Fsp3) is 0.125. The summed E-state index contributed by atoms with van der Waals surface area (Å²) in [5.41, 5.74) is 1.22. The largest absolute Gasteiger partial charge is 0.508 e. The van der Waals surface area contributed by atoms with Crippen LogP contribution in [0.1, 0.15) is 12.7 Å². The van der Waals surface area contributed by atoms with Gasteiger partial charge < -0.3 is 5.11 Å². The Hall–Kier alpha value is -2.62. The van der Waals surface area contributed by atoms with Crippen LogP contribution >= 0.6 is 0 Å². The zero-order valence-corrected chi connectivity index (χ0v) is 11.1. The lowest BCUT2D eigenvalue weighted by Crippen LogP contribution is -2.23. The van der Waals surface area contributed by atoms with Gasteiger partial charge in [0.2, 0.25) is 0 Å². The third-order valence-corrected chi connectivity index (χ3v) is 3.25. The molecule has 0 unspecified atom stereocenters. The fourth-order valence-electron chi connectivity index (χ4n) is 2.31. The topological polar surface area (TPSA) is 55.1 Å². The lowest BCUT2D eigenvalue weighted by molar-refractivity contribution is 0.475. The van der Waals surface area contributed by atoms with Crippen LogP contribution < -0.4 is 5.56 Å². The van der Waals surface area contributed by atoms with E-state index in [-0.39, 0.29) is 11.3 Å². The van der Waals surface area contributed by atoms with Crippen LogP contribution in [-0.4, -0.2) is 14.7 Å². The van der Waals surface area contributed by atoms with Crippen LogP contribution in [0.5, 0.6) is 5.75 Å². The molecular weight excluding hydrogens is 252 g/mol. The number of phenols is 1. The number of aromatic hydroxyl groups is 1. The Morgan fingerprint density at radius 1 is 1.15 bits per heavy atom. The van der Waals surface area contributed by atoms with E-state index in [1.807, 2.05) is 25.1 Å². The van der Waals surface area contributed by atoms with Crippen molar-refractivity contribution in [3.05, 3.63) is 64.7 Å². The number of fused-ring (bicyclic) bond motifs is 1. The summed E-state index contributed by atoms with van der Waals surface area (Å²) < 4.78 is 1.56. The molecule has 0 bridgehead atoms. The van der Waals surface area contributed by atoms with Crippen molar-refractivity contribution in [2.45, 2.75) is 13.3 Å². The first kappa shape index (κ1) is 12.4. The molecule has 20 heavy (non-hydrogen) atoms. The molecule has 0 aliphatic carbocycles. The van der Waals surface area contributed by atoms with Gasteiger partial charge in [-0.15, -0.1) is 0 Å². The van der Waals surface area contributed by atoms with E-state index >= 15 is 0 Å². The number of nitrogens with zero attached hydrogens (tertiary/aromatic N) is 2. The summed E-state index contributed by atoms with van der Waals surface area (Å²) in [5, 5.41) is 10.2. The first-order chi connectivity index (χ1) is 9.70. The second-order valence-electron chi connectivity index (χ2n) is 4.56. The highest BCUT2D eigenvalue weighted by atomic mass is 16.3. The van der Waals surface area contributed by atoms with Gasteiger partial charge >= 0.3 is 0 Å². The van der Waals surface area contributed by atoms with Crippen molar-refractivity contribution in [1.82, 2.24) is 9.55 Å². The molecule has 0 radical (unpaired) electrons. The van der Waals surface area contributed by atoms with Gasteiger partial charge in [-0.05, 0) is 24.3 Å². The lowest BCUT2D eigenvalue weighted by Gasteiger charge is -2.12. The van der Waals surface area contributed by atoms with Crippen LogP contribution in [-0.2, 0) is 6.42 Å². The molecule has 0 saturated carbocycles. The normalized spacial score (nSPS) is 10.8. The molecule has 1 heterocycles. The first-order valence-corrected chi connectivity index (χ1v) is 6.51. The summed E-state index contributed by atoms with van der Waals surface area (Å²) in [7, 11) is 0. The maximum absolute atomic E-state index is 12.7. The number of phenolic OH excluding ortho intramolecular Hbond substituents is 1. The number of rotatable bonds is 2. The monoisotopic (exact) mass is 266 g/mol. The van der Waals surface area contributed by atoms with E-state index in [1.54, 1.807) is 34.9 Å². The van der Waals surface area contributed by atoms with E-state index < -0.39 is 0 Å². The van der Waals surface area contributed by atoms with E-state index in [9.17, 15) is 9.90 Å². The van der Waals surface area contributed by atoms with E-state index in [4.69, 9.17) is 0 Å². The van der Waals surface area contributed by atoms with Crippen LogP contribution in [0.15, 0.2) is 53.3 Å². The van der Waals surface area contributed by atoms with Crippen LogP contribution in [0.4, 0.5) is 0 Å². The van der Waals surface area contributed by atoms with Crippen molar-refractivity contribution in [2.24, 2.45) is 0 Å². The quantitative estimate of drug-likeness (QED) is 0.775. The Kier molecular flexibility index (Phi) is 2.99. The third-order valence-electron chi connectivity index (χ3n) is 3.25. The first-order valence-electron chi connectivity index (χ1n) is 6.51. The summed E-state index contributed by atoms with van der Waals surface area (Å²) in [4.78, 5) is 17.2. The Labute approximate surface area is 116 Å². The molecule has 4 heteroatoms. The predicted octanol–water partition coefficient (Wildman–Crippen LogP) is 2.65. The average molecular weight is 266 g/mol. The standard InChI is InChI=1S/C16H14N2O2/c1-2-15-17-14-9-4-3-8-13(14)16(20)18(15)11-6-5-7-12(19)10-11/h3-10,19H,2H2,1H3. The number of hydrogen-bond acceptors (Lipinski definition) is 3. The van der Waals surface area contributed by atoms with Gasteiger partial charge in [-0.2, -0.15) is 0 Å². The minimum Gasteiger partial charge on any atom is -0.508 e. The molecule has 1 N–H and O–H groups in total. The highest BCUT2D eigenvalue weighted by Crippen LogP contribution is 2.17. The molecule has 1 aromatic heterocycles. The van der Waals surface area contributed by atoms with E-state index in [1.165, 1.54) is 0 Å². The zero-order chi connectivity index (χ0) is 14.1. The lowest BCUT2D eigenvalue weighted by atomic mass is 10.2. The SMILES string of the molecule is CCc1nc2ccccc2c(=O)n1-c1cccc(O)c1. The third kappa shape index (κ3) is 1.95. The smallest absolute Gasteiger partial charge is 0.265 e. The van der Waals surface area contributed by atoms with Crippen molar-refractivity contribution in [1.29, 1.82) is 0 Å². The van der Waals surface area contributed by atoms with Gasteiger partial charge in [-0.3, -0.25) is 9.36 Å². The molecule has 4 nitrogen and oxygen atoms in total. The van der Waals surface area contributed by atoms with E-state index in [2.05, 4.69) is 4.98 Å². The van der Waals surface area contributed by atoms with Gasteiger partial charge in [-0.25, -0.2) is 4.98 Å². The Morgan fingerprint density at radius 3 is 2.70 bits per heavy atom. The molecule has 3 rings (SSSR count). The van der Waals surface area contributed by atoms with Crippen molar-refractivity contribution in [3.8, 4) is 11.4 Å². The number of aromatic nitrogens is 2. The number of para-hydroxylation sites is 1. The molecule has 0 amide bonds. The minimum atomic E-state index is -0.113. The summed E-state index contributed by atoms with van der Waals surface area (Å²) in [6.45, 7) is 1.95. The number of benzene rings is 2. The molecule has 100 valence electrons. The van der Waals surface area contributed by atoms with Crippen LogP contribution in [0.3, 0.4) is 0 Å². The molecule has 2 aromatic carbocycles. The van der Waals surface area contributed by atoms with Crippen molar-refractivity contribution in [3.63, 3.8) is 0 Å². The fourth-order valence-corrected chi connectivity index (χ4v) is 2.31. The van der Waals surface area contributed by atoms with E-state index in [0.29, 0.717) is 28.8 Å². The summed E-state index contributed by atoms with van der Waals surface area (Å²) in [6, 6.07) is 13.9. The molecule has 0 spiro atoms. The van der Waals surface area contributed by atoms with Crippen molar-refractivity contribution in [2.75, 3.05) is 0 Å². The van der Waals surface area contributed by atoms with Gasteiger partial charge in [-0.1, -0.05) is 25.1 Å². The minimum absolute atomic E-state index is 0.113. The molecule has 0 aliphatic heterocycles. The Morgan fingerprint density at radius 2 is 1.95 bits per heavy atom. The van der Waals surface area contributed by atoms with Gasteiger partial charge in [0.1, 0.15) is 11.6 Å². The Bertz CT molecular complexity index is 837. The summed E-state index contributed by atoms with van der Waals surface area (Å²) in [6.07, 6.45) is 0.635. The van der Waals surface area contributed by atoms with Crippen LogP contribution in [0.2, 0.25) is 0 Å². The molecule has 0 atom stereocenters. The predicted molar refractivity (Wildman–Crippen MR) is 78.4 cm³/mol. The van der Waals surface area contributed by atoms with Crippen LogP contribution in [0, 0.1) is 0 Å². The van der Waals surface area contributed by atoms with Crippen LogP contribution in [0.25, 0.3) is 16.6 Å². The second kappa shape index (κ2) is 4.81. The van der Waals surface area contributed by atoms with Gasteiger partial charge in [0.25, 0.3) is 5.56 Å². The van der Waals surface area contributed by atoms with Crippen molar-refractivity contribution >= 4 is 10.9 Å². The maximum atomic E-state index is 12.7. The van der Waals surface area contributed by atoms with Gasteiger partial charge in [0.15, 0.2) is 0 Å². The zero-order valence-electron chi connectivity index (χ0n) is 11.1. The molecular formula is C16H14N2O2. The number of hydrogen-bond donors (Lipinski definition) is 1. The van der Waals surface area contributed by atoms with E-state index in [0.717, 1.165) is 0 Å². The highest BCUT2D eigenvalue weighted by Gasteiger charge is 2.11. The molecule has 0 saturated heterocycles. The van der Waals surface area contributed by atoms with Crippen molar-refractivity contribution < 1.29 is 5.11 Å². The highest BCUT2D eigenvalue weighted by molar-refractivity contribution is 5.77. The molecule has 0 fully saturated rings. The van der Waals surface area contributed by atoms with Gasteiger partial charge in [0, 0.05) is 12.5 Å². The summed E-state index contributed by atoms with van der Waals surface area (Å²) in [5.74, 6) is 0.809.